The van der Waals surface area contributed by atoms with Gasteiger partial charge in [-0.3, -0.25) is 9.59 Å². The van der Waals surface area contributed by atoms with Crippen molar-refractivity contribution in [1.82, 2.24) is 10.3 Å². The maximum atomic E-state index is 12.7. The first-order valence-corrected chi connectivity index (χ1v) is 11.1. The van der Waals surface area contributed by atoms with Gasteiger partial charge >= 0.3 is 12.1 Å². The van der Waals surface area contributed by atoms with E-state index in [0.717, 1.165) is 22.3 Å². The number of carboxylic acids is 1. The molecule has 9 heteroatoms. The van der Waals surface area contributed by atoms with Gasteiger partial charge in [0.15, 0.2) is 0 Å². The van der Waals surface area contributed by atoms with Crippen LogP contribution in [0.25, 0.3) is 11.1 Å². The highest BCUT2D eigenvalue weighted by Gasteiger charge is 2.30. The van der Waals surface area contributed by atoms with Crippen molar-refractivity contribution >= 4 is 35.4 Å². The number of amides is 2. The molecule has 2 amide bonds. The first kappa shape index (κ1) is 23.3. The number of fused-ring (bicyclic) bond motifs is 3. The number of halogens is 1. The maximum Gasteiger partial charge on any atom is 0.407 e. The van der Waals surface area contributed by atoms with Crippen molar-refractivity contribution in [2.45, 2.75) is 24.8 Å². The van der Waals surface area contributed by atoms with Crippen molar-refractivity contribution in [3.05, 3.63) is 83.0 Å². The molecule has 174 valence electrons. The number of hydrogen-bond donors (Lipinski definition) is 3. The Morgan fingerprint density at radius 2 is 1.68 bits per heavy atom. The van der Waals surface area contributed by atoms with Gasteiger partial charge in [0.25, 0.3) is 0 Å². The Kier molecular flexibility index (Phi) is 7.08. The predicted molar refractivity (Wildman–Crippen MR) is 127 cm³/mol. The molecule has 3 aromatic rings. The van der Waals surface area contributed by atoms with Gasteiger partial charge in [0.2, 0.25) is 5.91 Å². The van der Waals surface area contributed by atoms with E-state index >= 15 is 0 Å². The number of nitrogens with zero attached hydrogens (tertiary/aromatic N) is 1. The molecule has 4 rings (SSSR count). The van der Waals surface area contributed by atoms with Crippen molar-refractivity contribution in [2.75, 3.05) is 11.9 Å². The molecule has 0 saturated carbocycles. The number of nitrogens with one attached hydrogen (secondary N) is 2. The summed E-state index contributed by atoms with van der Waals surface area (Å²) in [6, 6.07) is 17.7. The lowest BCUT2D eigenvalue weighted by Gasteiger charge is -2.19. The van der Waals surface area contributed by atoms with Crippen molar-refractivity contribution in [2.24, 2.45) is 0 Å². The van der Waals surface area contributed by atoms with Crippen LogP contribution in [0.2, 0.25) is 5.02 Å². The molecule has 0 aliphatic heterocycles. The van der Waals surface area contributed by atoms with E-state index < -0.39 is 24.0 Å². The van der Waals surface area contributed by atoms with Crippen LogP contribution in [0.5, 0.6) is 0 Å². The number of aliphatic carboxylic acids is 1. The summed E-state index contributed by atoms with van der Waals surface area (Å²) >= 11 is 5.91. The normalized spacial score (nSPS) is 12.9. The second-order valence-electron chi connectivity index (χ2n) is 7.80. The third kappa shape index (κ3) is 5.35. The fraction of sp³-hybridized carbons (Fsp3) is 0.200. The fourth-order valence-corrected chi connectivity index (χ4v) is 4.17. The summed E-state index contributed by atoms with van der Waals surface area (Å²) in [5.74, 6) is -1.66. The first-order chi connectivity index (χ1) is 16.4. The molecule has 2 aromatic carbocycles. The largest absolute Gasteiger partial charge is 0.481 e. The van der Waals surface area contributed by atoms with Crippen molar-refractivity contribution in [3.8, 4) is 11.1 Å². The van der Waals surface area contributed by atoms with E-state index in [2.05, 4.69) is 15.6 Å². The number of anilines is 1. The molecule has 1 aliphatic carbocycles. The van der Waals surface area contributed by atoms with Gasteiger partial charge < -0.3 is 20.5 Å². The number of rotatable bonds is 8. The molecular formula is C25H22ClN3O5. The van der Waals surface area contributed by atoms with Crippen LogP contribution in [0.15, 0.2) is 66.9 Å². The van der Waals surface area contributed by atoms with Crippen molar-refractivity contribution in [1.29, 1.82) is 0 Å². The molecule has 1 heterocycles. The van der Waals surface area contributed by atoms with E-state index in [-0.39, 0.29) is 31.2 Å². The summed E-state index contributed by atoms with van der Waals surface area (Å²) < 4.78 is 5.48. The molecule has 0 spiro atoms. The van der Waals surface area contributed by atoms with Gasteiger partial charge in [-0.15, -0.1) is 0 Å². The minimum absolute atomic E-state index is 0.0724. The summed E-state index contributed by atoms with van der Waals surface area (Å²) in [6.45, 7) is 0.0724. The Morgan fingerprint density at radius 3 is 2.29 bits per heavy atom. The minimum Gasteiger partial charge on any atom is -0.481 e. The predicted octanol–water partition coefficient (Wildman–Crippen LogP) is 4.45. The molecule has 0 saturated heterocycles. The summed E-state index contributed by atoms with van der Waals surface area (Å²) in [7, 11) is 0. The van der Waals surface area contributed by atoms with Gasteiger partial charge in [0.1, 0.15) is 18.5 Å². The van der Waals surface area contributed by atoms with Gasteiger partial charge in [-0.1, -0.05) is 60.1 Å². The fourth-order valence-electron chi connectivity index (χ4n) is 4.01. The Hall–Kier alpha value is -3.91. The standard InChI is InChI=1S/C25H22ClN3O5/c26-15-11-12-27-22(13-15)29-24(32)21(9-10-23(30)31)28-25(33)34-14-20-18-7-3-1-5-16(18)17-6-2-4-8-19(17)20/h1-8,11-13,20-21H,9-10,14H2,(H,28,33)(H,30,31)(H,27,29,32). The van der Waals surface area contributed by atoms with Crippen LogP contribution in [0.4, 0.5) is 10.6 Å². The Balaban J connectivity index is 1.43. The number of benzene rings is 2. The molecule has 1 aliphatic rings. The lowest BCUT2D eigenvalue weighted by molar-refractivity contribution is -0.137. The molecular weight excluding hydrogens is 458 g/mol. The lowest BCUT2D eigenvalue weighted by atomic mass is 9.98. The zero-order valence-electron chi connectivity index (χ0n) is 18.0. The molecule has 1 atom stereocenters. The average molecular weight is 480 g/mol. The topological polar surface area (TPSA) is 118 Å². The van der Waals surface area contributed by atoms with Crippen molar-refractivity contribution in [3.63, 3.8) is 0 Å². The number of ether oxygens (including phenoxy) is 1. The quantitative estimate of drug-likeness (QED) is 0.439. The number of carbonyl (C=O) groups excluding carboxylic acids is 2. The van der Waals surface area contributed by atoms with Crippen LogP contribution < -0.4 is 10.6 Å². The smallest absolute Gasteiger partial charge is 0.407 e. The van der Waals surface area contributed by atoms with Crippen LogP contribution in [0.3, 0.4) is 0 Å². The van der Waals surface area contributed by atoms with E-state index in [1.165, 1.54) is 12.3 Å². The SMILES string of the molecule is O=C(O)CCC(NC(=O)OCC1c2ccccc2-c2ccccc21)C(=O)Nc1cc(Cl)ccn1. The van der Waals surface area contributed by atoms with Crippen LogP contribution in [-0.4, -0.2) is 40.7 Å². The third-order valence-electron chi connectivity index (χ3n) is 5.57. The van der Waals surface area contributed by atoms with E-state index in [9.17, 15) is 14.4 Å². The number of pyridine rings is 1. The highest BCUT2D eigenvalue weighted by Crippen LogP contribution is 2.44. The second kappa shape index (κ2) is 10.4. The minimum atomic E-state index is -1.13. The molecule has 34 heavy (non-hydrogen) atoms. The molecule has 1 aromatic heterocycles. The zero-order valence-corrected chi connectivity index (χ0v) is 18.8. The van der Waals surface area contributed by atoms with E-state index in [1.807, 2.05) is 48.5 Å². The number of hydrogen-bond acceptors (Lipinski definition) is 5. The molecule has 8 nitrogen and oxygen atoms in total. The van der Waals surface area contributed by atoms with Crippen LogP contribution in [0.1, 0.15) is 29.9 Å². The van der Waals surface area contributed by atoms with Gasteiger partial charge in [-0.2, -0.15) is 0 Å². The Labute approximate surface area is 200 Å². The summed E-state index contributed by atoms with van der Waals surface area (Å²) in [5.41, 5.74) is 4.31. The summed E-state index contributed by atoms with van der Waals surface area (Å²) in [5, 5.41) is 14.4. The number of carboxylic acid groups (broad SMARTS) is 1. The van der Waals surface area contributed by atoms with Gasteiger partial charge in [0.05, 0.1) is 0 Å². The van der Waals surface area contributed by atoms with E-state index in [4.69, 9.17) is 21.4 Å². The van der Waals surface area contributed by atoms with Crippen LogP contribution in [0, 0.1) is 0 Å². The highest BCUT2D eigenvalue weighted by molar-refractivity contribution is 6.30. The van der Waals surface area contributed by atoms with Crippen molar-refractivity contribution < 1.29 is 24.2 Å². The molecule has 0 radical (unpaired) electrons. The molecule has 3 N–H and O–H groups in total. The second-order valence-corrected chi connectivity index (χ2v) is 8.24. The highest BCUT2D eigenvalue weighted by atomic mass is 35.5. The molecule has 1 unspecified atom stereocenters. The Bertz CT molecular complexity index is 1190. The first-order valence-electron chi connectivity index (χ1n) is 10.7. The Morgan fingerprint density at radius 1 is 1.03 bits per heavy atom. The number of alkyl carbamates (subject to hydrolysis) is 1. The summed E-state index contributed by atoms with van der Waals surface area (Å²) in [4.78, 5) is 40.3. The van der Waals surface area contributed by atoms with Crippen LogP contribution in [-0.2, 0) is 14.3 Å². The van der Waals surface area contributed by atoms with E-state index in [0.29, 0.717) is 5.02 Å². The number of aromatic nitrogens is 1. The van der Waals surface area contributed by atoms with E-state index in [1.54, 1.807) is 6.07 Å². The average Bonchev–Trinajstić information content (AvgIpc) is 3.14. The zero-order chi connectivity index (χ0) is 24.1. The van der Waals surface area contributed by atoms with Gasteiger partial charge in [-0.25, -0.2) is 9.78 Å². The molecule has 0 fully saturated rings. The third-order valence-corrected chi connectivity index (χ3v) is 5.81. The molecule has 0 bridgehead atoms. The van der Waals surface area contributed by atoms with Gasteiger partial charge in [-0.05, 0) is 40.8 Å². The van der Waals surface area contributed by atoms with Crippen LogP contribution >= 0.6 is 11.6 Å². The van der Waals surface area contributed by atoms with Gasteiger partial charge in [0, 0.05) is 23.6 Å². The number of carbonyl (C=O) groups is 3. The monoisotopic (exact) mass is 479 g/mol. The lowest BCUT2D eigenvalue weighted by Crippen LogP contribution is -2.44. The summed E-state index contributed by atoms with van der Waals surface area (Å²) in [6.07, 6.45) is 0.172. The maximum absolute atomic E-state index is 12.7.